The van der Waals surface area contributed by atoms with Crippen molar-refractivity contribution in [3.05, 3.63) is 59.8 Å². The summed E-state index contributed by atoms with van der Waals surface area (Å²) < 4.78 is 7.62. The van der Waals surface area contributed by atoms with Gasteiger partial charge in [-0.3, -0.25) is 4.68 Å². The molecule has 2 aromatic carbocycles. The largest absolute Gasteiger partial charge is 0.459 e. The molecule has 6 heteroatoms. The first-order chi connectivity index (χ1) is 12.2. The van der Waals surface area contributed by atoms with Crippen molar-refractivity contribution in [2.45, 2.75) is 31.9 Å². The number of nitrogens with two attached hydrogens (primary N) is 1. The second-order valence-corrected chi connectivity index (χ2v) is 6.51. The first-order valence-electron chi connectivity index (χ1n) is 8.37. The van der Waals surface area contributed by atoms with Crippen molar-refractivity contribution in [1.29, 1.82) is 0 Å². The van der Waals surface area contributed by atoms with Gasteiger partial charge in [-0.15, -0.1) is 0 Å². The van der Waals surface area contributed by atoms with Gasteiger partial charge >= 0.3 is 5.97 Å². The van der Waals surface area contributed by atoms with E-state index in [0.717, 1.165) is 29.2 Å². The highest BCUT2D eigenvalue weighted by Crippen LogP contribution is 2.37. The standard InChI is InChI=1S/C19H19N3O3/c1-12-3-2-4-14-11-20-22(18(12)14)16-9-17(10-16)25-19(23)13-5-7-15(21-24)8-6-13/h2-8,11,16-17,21,24H,9-10H2,1H3/p+1. The van der Waals surface area contributed by atoms with Gasteiger partial charge in [-0.25, -0.2) is 10.0 Å². The van der Waals surface area contributed by atoms with Crippen molar-refractivity contribution in [1.82, 2.24) is 9.78 Å². The van der Waals surface area contributed by atoms with Crippen molar-refractivity contribution in [2.24, 2.45) is 0 Å². The number of nitrogens with zero attached hydrogens (tertiary/aromatic N) is 2. The third-order valence-electron chi connectivity index (χ3n) is 4.80. The lowest BCUT2D eigenvalue weighted by atomic mass is 9.89. The van der Waals surface area contributed by atoms with Crippen LogP contribution in [0.1, 0.15) is 34.8 Å². The Bertz CT molecular complexity index is 911. The molecule has 0 radical (unpaired) electrons. The summed E-state index contributed by atoms with van der Waals surface area (Å²) in [5.41, 5.74) is 4.52. The van der Waals surface area contributed by atoms with Crippen molar-refractivity contribution < 1.29 is 20.2 Å². The van der Waals surface area contributed by atoms with Gasteiger partial charge in [0.15, 0.2) is 5.69 Å². The Hall–Kier alpha value is -2.70. The van der Waals surface area contributed by atoms with Crippen LogP contribution in [0.5, 0.6) is 0 Å². The van der Waals surface area contributed by atoms with E-state index in [2.05, 4.69) is 28.8 Å². The summed E-state index contributed by atoms with van der Waals surface area (Å²) in [4.78, 5) is 12.2. The number of carbonyl (C=O) groups excluding carboxylic acids is 1. The van der Waals surface area contributed by atoms with Crippen LogP contribution in [0.2, 0.25) is 0 Å². The van der Waals surface area contributed by atoms with E-state index in [0.29, 0.717) is 11.3 Å². The first-order valence-corrected chi connectivity index (χ1v) is 8.37. The van der Waals surface area contributed by atoms with Gasteiger partial charge in [-0.1, -0.05) is 18.2 Å². The van der Waals surface area contributed by atoms with E-state index in [1.54, 1.807) is 24.3 Å². The Balaban J connectivity index is 1.40. The molecule has 1 aliphatic rings. The number of para-hydroxylation sites is 1. The summed E-state index contributed by atoms with van der Waals surface area (Å²) >= 11 is 0. The molecule has 25 heavy (non-hydrogen) atoms. The summed E-state index contributed by atoms with van der Waals surface area (Å²) in [6.07, 6.45) is 3.37. The number of aromatic nitrogens is 2. The molecule has 128 valence electrons. The molecule has 3 aromatic rings. The van der Waals surface area contributed by atoms with Crippen LogP contribution in [0.3, 0.4) is 0 Å². The Labute approximate surface area is 145 Å². The van der Waals surface area contributed by atoms with Crippen LogP contribution in [-0.2, 0) is 4.74 Å². The summed E-state index contributed by atoms with van der Waals surface area (Å²) in [6.45, 7) is 2.09. The normalized spacial score (nSPS) is 19.6. The van der Waals surface area contributed by atoms with Gasteiger partial charge in [-0.05, 0) is 24.6 Å². The van der Waals surface area contributed by atoms with Crippen molar-refractivity contribution in [2.75, 3.05) is 0 Å². The quantitative estimate of drug-likeness (QED) is 0.435. The zero-order valence-corrected chi connectivity index (χ0v) is 13.9. The number of benzene rings is 2. The van der Waals surface area contributed by atoms with Gasteiger partial charge in [0, 0.05) is 30.4 Å². The van der Waals surface area contributed by atoms with Crippen LogP contribution < -0.4 is 5.48 Å². The maximum absolute atomic E-state index is 12.2. The maximum Gasteiger partial charge on any atom is 0.338 e. The number of quaternary nitrogens is 1. The number of ether oxygens (including phenoxy) is 1. The van der Waals surface area contributed by atoms with Crippen LogP contribution in [0.4, 0.5) is 5.69 Å². The predicted octanol–water partition coefficient (Wildman–Crippen LogP) is 2.49. The molecule has 1 aliphatic carbocycles. The Kier molecular flexibility index (Phi) is 3.99. The van der Waals surface area contributed by atoms with Crippen molar-refractivity contribution >= 4 is 22.6 Å². The Morgan fingerprint density at radius 3 is 2.72 bits per heavy atom. The molecular weight excluding hydrogens is 318 g/mol. The fraction of sp³-hybridized carbons (Fsp3) is 0.263. The summed E-state index contributed by atoms with van der Waals surface area (Å²) in [6, 6.07) is 13.1. The second-order valence-electron chi connectivity index (χ2n) is 6.51. The Morgan fingerprint density at radius 1 is 1.24 bits per heavy atom. The molecule has 1 saturated carbocycles. The molecule has 6 nitrogen and oxygen atoms in total. The summed E-state index contributed by atoms with van der Waals surface area (Å²) in [5, 5.41) is 14.6. The predicted molar refractivity (Wildman–Crippen MR) is 91.8 cm³/mol. The van der Waals surface area contributed by atoms with E-state index >= 15 is 0 Å². The molecule has 1 heterocycles. The fourth-order valence-corrected chi connectivity index (χ4v) is 3.32. The fourth-order valence-electron chi connectivity index (χ4n) is 3.32. The smallest absolute Gasteiger partial charge is 0.338 e. The average molecular weight is 338 g/mol. The molecule has 0 atom stereocenters. The lowest BCUT2D eigenvalue weighted by Gasteiger charge is -2.35. The van der Waals surface area contributed by atoms with Crippen LogP contribution in [-0.4, -0.2) is 27.1 Å². The number of rotatable bonds is 4. The molecule has 0 unspecified atom stereocenters. The number of hydrogen-bond donors (Lipinski definition) is 2. The first kappa shape index (κ1) is 15.8. The van der Waals surface area contributed by atoms with Crippen LogP contribution in [0.25, 0.3) is 10.9 Å². The molecule has 0 saturated heterocycles. The average Bonchev–Trinajstić information content (AvgIpc) is 3.02. The highest BCUT2D eigenvalue weighted by molar-refractivity contribution is 5.89. The molecule has 0 spiro atoms. The molecular formula is C19H20N3O3+. The number of carbonyl (C=O) groups is 1. The number of hydrogen-bond acceptors (Lipinski definition) is 4. The highest BCUT2D eigenvalue weighted by Gasteiger charge is 2.35. The monoisotopic (exact) mass is 338 g/mol. The summed E-state index contributed by atoms with van der Waals surface area (Å²) in [7, 11) is 0. The van der Waals surface area contributed by atoms with Crippen molar-refractivity contribution in [3.8, 4) is 0 Å². The van der Waals surface area contributed by atoms with E-state index in [9.17, 15) is 4.79 Å². The van der Waals surface area contributed by atoms with Gasteiger partial charge in [-0.2, -0.15) is 10.6 Å². The SMILES string of the molecule is Cc1cccc2cnn(C3CC(OC(=O)c4ccc([NH2+]O)cc4)C3)c12. The third-order valence-corrected chi connectivity index (χ3v) is 4.80. The molecule has 0 bridgehead atoms. The van der Waals surface area contributed by atoms with Crippen LogP contribution in [0.15, 0.2) is 48.7 Å². The van der Waals surface area contributed by atoms with Gasteiger partial charge in [0.2, 0.25) is 0 Å². The van der Waals surface area contributed by atoms with Gasteiger partial charge in [0.05, 0.1) is 23.3 Å². The minimum absolute atomic E-state index is 0.0788. The number of fused-ring (bicyclic) bond motifs is 1. The van der Waals surface area contributed by atoms with Gasteiger partial charge < -0.3 is 4.74 Å². The molecule has 4 rings (SSSR count). The van der Waals surface area contributed by atoms with E-state index in [4.69, 9.17) is 9.94 Å². The second kappa shape index (κ2) is 6.31. The van der Waals surface area contributed by atoms with Crippen LogP contribution >= 0.6 is 0 Å². The number of esters is 1. The molecule has 3 N–H and O–H groups in total. The van der Waals surface area contributed by atoms with Crippen LogP contribution in [0, 0.1) is 6.92 Å². The molecule has 0 amide bonds. The van der Waals surface area contributed by atoms with E-state index in [-0.39, 0.29) is 18.1 Å². The lowest BCUT2D eigenvalue weighted by Crippen LogP contribution is -2.73. The lowest BCUT2D eigenvalue weighted by molar-refractivity contribution is -0.825. The molecule has 1 aromatic heterocycles. The molecule has 1 fully saturated rings. The van der Waals surface area contributed by atoms with Gasteiger partial charge in [0.1, 0.15) is 6.10 Å². The maximum atomic E-state index is 12.2. The summed E-state index contributed by atoms with van der Waals surface area (Å²) in [5.74, 6) is -0.325. The Morgan fingerprint density at radius 2 is 2.00 bits per heavy atom. The van der Waals surface area contributed by atoms with Gasteiger partial charge in [0.25, 0.3) is 0 Å². The topological polar surface area (TPSA) is 81.0 Å². The van der Waals surface area contributed by atoms with E-state index in [1.807, 2.05) is 12.3 Å². The minimum atomic E-state index is -0.325. The number of aryl methyl sites for hydroxylation is 1. The third kappa shape index (κ3) is 2.90. The molecule has 0 aliphatic heterocycles. The van der Waals surface area contributed by atoms with Crippen molar-refractivity contribution in [3.63, 3.8) is 0 Å². The zero-order valence-electron chi connectivity index (χ0n) is 13.9. The van der Waals surface area contributed by atoms with E-state index in [1.165, 1.54) is 5.56 Å². The van der Waals surface area contributed by atoms with E-state index < -0.39 is 0 Å². The zero-order chi connectivity index (χ0) is 17.4. The highest BCUT2D eigenvalue weighted by atomic mass is 16.5. The minimum Gasteiger partial charge on any atom is -0.459 e.